The molecule has 2 aliphatic heterocycles. The highest BCUT2D eigenvalue weighted by atomic mass is 35.5. The number of halogens is 5. The molecule has 14 heavy (non-hydrogen) atoms. The summed E-state index contributed by atoms with van der Waals surface area (Å²) in [6.45, 7) is 0.0694. The number of nitrogens with one attached hydrogen (secondary N) is 2. The van der Waals surface area contributed by atoms with E-state index in [1.165, 1.54) is 0 Å². The van der Waals surface area contributed by atoms with Gasteiger partial charge in [-0.1, -0.05) is 0 Å². The molecule has 0 saturated carbocycles. The third-order valence-electron chi connectivity index (χ3n) is 1.82. The zero-order valence-corrected chi connectivity index (χ0v) is 8.27. The van der Waals surface area contributed by atoms with Gasteiger partial charge in [-0.25, -0.2) is 17.6 Å². The Morgan fingerprint density at radius 3 is 1.29 bits per heavy atom. The lowest BCUT2D eigenvalue weighted by molar-refractivity contribution is -0.0475. The van der Waals surface area contributed by atoms with Crippen LogP contribution in [-0.2, 0) is 0 Å². The first-order valence-electron chi connectivity index (χ1n) is 4.08. The molecular formula is C7H13ClF4N2. The van der Waals surface area contributed by atoms with Gasteiger partial charge in [-0.3, -0.25) is 0 Å². The van der Waals surface area contributed by atoms with Crippen molar-refractivity contribution < 1.29 is 17.6 Å². The van der Waals surface area contributed by atoms with Gasteiger partial charge < -0.3 is 10.6 Å². The van der Waals surface area contributed by atoms with Gasteiger partial charge in [0, 0.05) is 13.0 Å². The van der Waals surface area contributed by atoms with Crippen LogP contribution in [0.2, 0.25) is 0 Å². The summed E-state index contributed by atoms with van der Waals surface area (Å²) in [7, 11) is 0. The zero-order valence-electron chi connectivity index (χ0n) is 7.46. The summed E-state index contributed by atoms with van der Waals surface area (Å²) in [5.74, 6) is -4.81. The Bertz CT molecular complexity index is 163. The normalized spacial score (nSPS) is 26.6. The van der Waals surface area contributed by atoms with Gasteiger partial charge in [-0.2, -0.15) is 0 Å². The molecule has 2 fully saturated rings. The highest BCUT2D eigenvalue weighted by Gasteiger charge is 2.36. The van der Waals surface area contributed by atoms with Crippen LogP contribution in [0, 0.1) is 0 Å². The number of rotatable bonds is 0. The average Bonchev–Trinajstić information content (AvgIpc) is 2.33. The summed E-state index contributed by atoms with van der Waals surface area (Å²) >= 11 is 0. The second kappa shape index (κ2) is 5.14. The van der Waals surface area contributed by atoms with Crippen LogP contribution in [0.4, 0.5) is 17.6 Å². The molecule has 0 aliphatic carbocycles. The topological polar surface area (TPSA) is 24.1 Å². The summed E-state index contributed by atoms with van der Waals surface area (Å²) in [6, 6.07) is 0. The first kappa shape index (κ1) is 13.9. The molecule has 0 atom stereocenters. The maximum Gasteiger partial charge on any atom is 0.272 e. The summed E-state index contributed by atoms with van der Waals surface area (Å²) < 4.78 is 46.7. The molecule has 0 bridgehead atoms. The minimum absolute atomic E-state index is 0. The lowest BCUT2D eigenvalue weighted by Crippen LogP contribution is -2.52. The molecule has 0 aromatic heterocycles. The van der Waals surface area contributed by atoms with Crippen molar-refractivity contribution >= 4 is 12.4 Å². The molecule has 86 valence electrons. The summed E-state index contributed by atoms with van der Waals surface area (Å²) in [5.41, 5.74) is 0. The molecule has 0 amide bonds. The van der Waals surface area contributed by atoms with Crippen LogP contribution < -0.4 is 10.6 Å². The Morgan fingerprint density at radius 2 is 1.21 bits per heavy atom. The number of hydrogen-bond acceptors (Lipinski definition) is 2. The minimum atomic E-state index is -2.42. The molecule has 0 unspecified atom stereocenters. The van der Waals surface area contributed by atoms with Crippen LogP contribution in [0.15, 0.2) is 0 Å². The van der Waals surface area contributed by atoms with E-state index >= 15 is 0 Å². The maximum absolute atomic E-state index is 11.9. The molecule has 7 heteroatoms. The third-order valence-corrected chi connectivity index (χ3v) is 1.82. The Morgan fingerprint density at radius 1 is 0.786 bits per heavy atom. The smallest absolute Gasteiger partial charge is 0.272 e. The zero-order chi connectivity index (χ0) is 9.95. The van der Waals surface area contributed by atoms with Crippen molar-refractivity contribution in [2.45, 2.75) is 18.3 Å². The fourth-order valence-electron chi connectivity index (χ4n) is 0.945. The van der Waals surface area contributed by atoms with Gasteiger partial charge in [0.15, 0.2) is 0 Å². The van der Waals surface area contributed by atoms with Gasteiger partial charge in [-0.15, -0.1) is 12.4 Å². The minimum Gasteiger partial charge on any atom is -0.311 e. The first-order valence-corrected chi connectivity index (χ1v) is 4.08. The van der Waals surface area contributed by atoms with Gasteiger partial charge in [-0.05, 0) is 0 Å². The largest absolute Gasteiger partial charge is 0.311 e. The van der Waals surface area contributed by atoms with Crippen LogP contribution in [0.1, 0.15) is 6.42 Å². The monoisotopic (exact) mass is 236 g/mol. The summed E-state index contributed by atoms with van der Waals surface area (Å²) in [6.07, 6.45) is 0.00694. The van der Waals surface area contributed by atoms with Crippen molar-refractivity contribution in [1.82, 2.24) is 10.6 Å². The molecule has 2 saturated heterocycles. The van der Waals surface area contributed by atoms with E-state index in [0.29, 0.717) is 6.54 Å². The molecule has 0 radical (unpaired) electrons. The van der Waals surface area contributed by atoms with E-state index in [2.05, 4.69) is 10.6 Å². The molecule has 2 nitrogen and oxygen atoms in total. The summed E-state index contributed by atoms with van der Waals surface area (Å²) in [4.78, 5) is 0. The average molecular weight is 237 g/mol. The van der Waals surface area contributed by atoms with Gasteiger partial charge >= 0.3 is 0 Å². The fourth-order valence-corrected chi connectivity index (χ4v) is 0.945. The van der Waals surface area contributed by atoms with Gasteiger partial charge in [0.05, 0.1) is 19.6 Å². The highest BCUT2D eigenvalue weighted by molar-refractivity contribution is 5.85. The van der Waals surface area contributed by atoms with Crippen molar-refractivity contribution in [3.63, 3.8) is 0 Å². The van der Waals surface area contributed by atoms with Crippen LogP contribution >= 0.6 is 12.4 Å². The molecule has 0 aromatic rings. The van der Waals surface area contributed by atoms with Crippen molar-refractivity contribution in [1.29, 1.82) is 0 Å². The Labute approximate surface area is 85.8 Å². The van der Waals surface area contributed by atoms with E-state index in [4.69, 9.17) is 0 Å². The van der Waals surface area contributed by atoms with E-state index in [1.807, 2.05) is 0 Å². The van der Waals surface area contributed by atoms with Crippen LogP contribution in [-0.4, -0.2) is 38.0 Å². The first-order chi connectivity index (χ1) is 5.91. The number of hydrogen-bond donors (Lipinski definition) is 2. The maximum atomic E-state index is 11.9. The van der Waals surface area contributed by atoms with E-state index < -0.39 is 11.8 Å². The molecule has 0 spiro atoms. The van der Waals surface area contributed by atoms with E-state index in [1.54, 1.807) is 0 Å². The molecule has 2 rings (SSSR count). The molecule has 2 aliphatic rings. The highest BCUT2D eigenvalue weighted by Crippen LogP contribution is 2.19. The predicted octanol–water partition coefficient (Wildman–Crippen LogP) is 1.26. The van der Waals surface area contributed by atoms with Crippen LogP contribution in [0.25, 0.3) is 0 Å². The lowest BCUT2D eigenvalue weighted by atomic mass is 10.2. The van der Waals surface area contributed by atoms with Gasteiger partial charge in [0.2, 0.25) is 0 Å². The molecular weight excluding hydrogens is 224 g/mol. The Hall–Kier alpha value is -0.0700. The fraction of sp³-hybridized carbons (Fsp3) is 1.00. The SMILES string of the molecule is Cl.FC1(F)CCNC1.FC1(F)CNC1. The Balaban J connectivity index is 0.000000227. The van der Waals surface area contributed by atoms with Crippen molar-refractivity contribution in [2.24, 2.45) is 0 Å². The van der Waals surface area contributed by atoms with Crippen molar-refractivity contribution in [3.05, 3.63) is 0 Å². The van der Waals surface area contributed by atoms with Gasteiger partial charge in [0.1, 0.15) is 0 Å². The second-order valence-electron chi connectivity index (χ2n) is 3.24. The second-order valence-corrected chi connectivity index (χ2v) is 3.24. The number of alkyl halides is 4. The quantitative estimate of drug-likeness (QED) is 0.619. The standard InChI is InChI=1S/C4H7F2N.C3H5F2N.ClH/c5-4(6)1-2-7-3-4;4-3(5)1-6-2-3;/h7H,1-3H2;6H,1-2H2;1H. The van der Waals surface area contributed by atoms with E-state index in [-0.39, 0.29) is 38.5 Å². The van der Waals surface area contributed by atoms with E-state index in [9.17, 15) is 17.6 Å². The Kier molecular flexibility index (Phi) is 5.11. The molecule has 2 heterocycles. The van der Waals surface area contributed by atoms with E-state index in [0.717, 1.165) is 0 Å². The summed E-state index contributed by atoms with van der Waals surface area (Å²) in [5, 5.41) is 5.01. The van der Waals surface area contributed by atoms with Gasteiger partial charge in [0.25, 0.3) is 11.8 Å². The third kappa shape index (κ3) is 4.97. The van der Waals surface area contributed by atoms with Crippen molar-refractivity contribution in [3.8, 4) is 0 Å². The van der Waals surface area contributed by atoms with Crippen LogP contribution in [0.5, 0.6) is 0 Å². The molecule has 0 aromatic carbocycles. The van der Waals surface area contributed by atoms with Crippen molar-refractivity contribution in [2.75, 3.05) is 26.2 Å². The lowest BCUT2D eigenvalue weighted by Gasteiger charge is -2.25. The van der Waals surface area contributed by atoms with Crippen LogP contribution in [0.3, 0.4) is 0 Å². The molecule has 2 N–H and O–H groups in total. The predicted molar refractivity (Wildman–Crippen MR) is 47.5 cm³/mol.